The van der Waals surface area contributed by atoms with E-state index in [1.54, 1.807) is 12.1 Å². The van der Waals surface area contributed by atoms with Gasteiger partial charge < -0.3 is 5.11 Å². The summed E-state index contributed by atoms with van der Waals surface area (Å²) in [6.07, 6.45) is 2.54. The van der Waals surface area contributed by atoms with Gasteiger partial charge in [0.25, 0.3) is 0 Å². The van der Waals surface area contributed by atoms with Crippen molar-refractivity contribution in [2.45, 2.75) is 27.3 Å². The molecule has 1 rings (SSSR count). The molecule has 7 heteroatoms. The lowest BCUT2D eigenvalue weighted by Crippen LogP contribution is -2.31. The van der Waals surface area contributed by atoms with Crippen molar-refractivity contribution in [2.24, 2.45) is 5.41 Å². The van der Waals surface area contributed by atoms with Gasteiger partial charge in [0.1, 0.15) is 0 Å². The second kappa shape index (κ2) is 6.51. The van der Waals surface area contributed by atoms with Crippen molar-refractivity contribution in [3.63, 3.8) is 0 Å². The van der Waals surface area contributed by atoms with E-state index in [0.717, 1.165) is 15.8 Å². The molecule has 0 saturated carbocycles. The lowest BCUT2D eigenvalue weighted by atomic mass is 10.0. The van der Waals surface area contributed by atoms with Crippen molar-refractivity contribution >= 4 is 33.4 Å². The molecule has 0 aliphatic rings. The molecular weight excluding hydrogens is 298 g/mol. The lowest BCUT2D eigenvalue weighted by molar-refractivity contribution is -0.131. The van der Waals surface area contributed by atoms with Crippen LogP contribution in [0.2, 0.25) is 0 Å². The Balaban J connectivity index is 2.61. The zero-order chi connectivity index (χ0) is 15.4. The van der Waals surface area contributed by atoms with Crippen molar-refractivity contribution in [2.75, 3.05) is 5.75 Å². The van der Waals surface area contributed by atoms with Crippen LogP contribution >= 0.6 is 11.3 Å². The minimum atomic E-state index is -3.31. The Kier molecular flexibility index (Phi) is 5.50. The topological polar surface area (TPSA) is 83.5 Å². The SMILES string of the molecule is CC(C)(C)CS(=O)(=O)NCc1ccc(C=CC(=O)O)s1. The molecule has 2 N–H and O–H groups in total. The smallest absolute Gasteiger partial charge is 0.328 e. The summed E-state index contributed by atoms with van der Waals surface area (Å²) in [6, 6.07) is 3.54. The Hall–Kier alpha value is -1.18. The van der Waals surface area contributed by atoms with Gasteiger partial charge in [0.15, 0.2) is 0 Å². The molecular formula is C13H19NO4S2. The molecule has 1 heterocycles. The number of carbonyl (C=O) groups is 1. The van der Waals surface area contributed by atoms with E-state index in [1.165, 1.54) is 17.4 Å². The molecule has 0 aliphatic heterocycles. The van der Waals surface area contributed by atoms with Crippen molar-refractivity contribution < 1.29 is 18.3 Å². The zero-order valence-electron chi connectivity index (χ0n) is 11.7. The number of thiophene rings is 1. The third kappa shape index (κ3) is 6.83. The third-order valence-corrected chi connectivity index (χ3v) is 5.04. The molecule has 1 aromatic heterocycles. The largest absolute Gasteiger partial charge is 0.478 e. The van der Waals surface area contributed by atoms with Gasteiger partial charge in [-0.25, -0.2) is 17.9 Å². The monoisotopic (exact) mass is 317 g/mol. The number of hydrogen-bond donors (Lipinski definition) is 2. The Morgan fingerprint density at radius 1 is 1.40 bits per heavy atom. The van der Waals surface area contributed by atoms with Gasteiger partial charge in [-0.1, -0.05) is 20.8 Å². The summed E-state index contributed by atoms with van der Waals surface area (Å²) in [6.45, 7) is 5.83. The molecule has 112 valence electrons. The van der Waals surface area contributed by atoms with Crippen molar-refractivity contribution in [3.05, 3.63) is 28.0 Å². The number of aliphatic carboxylic acids is 1. The van der Waals surface area contributed by atoms with Crippen molar-refractivity contribution in [3.8, 4) is 0 Å². The van der Waals surface area contributed by atoms with E-state index in [2.05, 4.69) is 4.72 Å². The predicted octanol–water partition coefficient (Wildman–Crippen LogP) is 2.31. The molecule has 0 atom stereocenters. The van der Waals surface area contributed by atoms with Crippen LogP contribution in [0.25, 0.3) is 6.08 Å². The Labute approximate surface area is 123 Å². The van der Waals surface area contributed by atoms with Crippen molar-refractivity contribution in [1.82, 2.24) is 4.72 Å². The summed E-state index contributed by atoms with van der Waals surface area (Å²) in [4.78, 5) is 12.0. The highest BCUT2D eigenvalue weighted by Gasteiger charge is 2.21. The van der Waals surface area contributed by atoms with E-state index in [9.17, 15) is 13.2 Å². The van der Waals surface area contributed by atoms with Gasteiger partial charge in [0, 0.05) is 22.4 Å². The molecule has 0 saturated heterocycles. The summed E-state index contributed by atoms with van der Waals surface area (Å²) in [5.41, 5.74) is -0.295. The molecule has 0 spiro atoms. The number of sulfonamides is 1. The molecule has 0 radical (unpaired) electrons. The molecule has 0 aliphatic carbocycles. The fraction of sp³-hybridized carbons (Fsp3) is 0.462. The Morgan fingerprint density at radius 2 is 2.05 bits per heavy atom. The molecule has 0 bridgehead atoms. The van der Waals surface area contributed by atoms with Crippen LogP contribution in [0.3, 0.4) is 0 Å². The molecule has 0 amide bonds. The normalized spacial score (nSPS) is 12.9. The van der Waals surface area contributed by atoms with Gasteiger partial charge in [-0.2, -0.15) is 0 Å². The molecule has 0 fully saturated rings. The first-order valence-corrected chi connectivity index (χ1v) is 8.51. The summed E-state index contributed by atoms with van der Waals surface area (Å²) in [7, 11) is -3.31. The zero-order valence-corrected chi connectivity index (χ0v) is 13.3. The van der Waals surface area contributed by atoms with Crippen LogP contribution in [0.15, 0.2) is 18.2 Å². The van der Waals surface area contributed by atoms with Gasteiger partial charge in [0.2, 0.25) is 10.0 Å². The standard InChI is InChI=1S/C13H19NO4S2/c1-13(2,3)9-20(17,18)14-8-11-5-4-10(19-11)6-7-12(15)16/h4-7,14H,8-9H2,1-3H3,(H,15,16). The van der Waals surface area contributed by atoms with Gasteiger partial charge in [0.05, 0.1) is 5.75 Å². The first-order valence-electron chi connectivity index (χ1n) is 6.04. The van der Waals surface area contributed by atoms with E-state index < -0.39 is 16.0 Å². The summed E-state index contributed by atoms with van der Waals surface area (Å²) in [5.74, 6) is -0.942. The Morgan fingerprint density at radius 3 is 2.60 bits per heavy atom. The van der Waals surface area contributed by atoms with Gasteiger partial charge in [-0.15, -0.1) is 11.3 Å². The summed E-state index contributed by atoms with van der Waals surface area (Å²) >= 11 is 1.36. The molecule has 0 aromatic carbocycles. The van der Waals surface area contributed by atoms with E-state index >= 15 is 0 Å². The number of hydrogen-bond acceptors (Lipinski definition) is 4. The molecule has 5 nitrogen and oxygen atoms in total. The van der Waals surface area contributed by atoms with Crippen LogP contribution in [-0.4, -0.2) is 25.2 Å². The number of nitrogens with one attached hydrogen (secondary N) is 1. The molecule has 20 heavy (non-hydrogen) atoms. The number of carboxylic acids is 1. The fourth-order valence-electron chi connectivity index (χ4n) is 1.53. The maximum Gasteiger partial charge on any atom is 0.328 e. The molecule has 1 aromatic rings. The average Bonchev–Trinajstić information content (AvgIpc) is 2.68. The minimum Gasteiger partial charge on any atom is -0.478 e. The van der Waals surface area contributed by atoms with Crippen molar-refractivity contribution in [1.29, 1.82) is 0 Å². The van der Waals surface area contributed by atoms with Crippen LogP contribution in [-0.2, 0) is 21.4 Å². The third-order valence-electron chi connectivity index (χ3n) is 2.16. The van der Waals surface area contributed by atoms with Gasteiger partial charge in [-0.3, -0.25) is 0 Å². The quantitative estimate of drug-likeness (QED) is 0.789. The number of carboxylic acid groups (broad SMARTS) is 1. The first kappa shape index (κ1) is 16.9. The Bertz CT molecular complexity index is 594. The summed E-state index contributed by atoms with van der Waals surface area (Å²) < 4.78 is 26.2. The minimum absolute atomic E-state index is 0.0666. The second-order valence-corrected chi connectivity index (χ2v) is 8.62. The van der Waals surface area contributed by atoms with Crippen LogP contribution < -0.4 is 4.72 Å². The lowest BCUT2D eigenvalue weighted by Gasteiger charge is -2.18. The van der Waals surface area contributed by atoms with E-state index in [4.69, 9.17) is 5.11 Å². The first-order chi connectivity index (χ1) is 9.07. The van der Waals surface area contributed by atoms with Crippen LogP contribution in [0.5, 0.6) is 0 Å². The van der Waals surface area contributed by atoms with Crippen LogP contribution in [0.4, 0.5) is 0 Å². The maximum atomic E-state index is 11.8. The van der Waals surface area contributed by atoms with Gasteiger partial charge >= 0.3 is 5.97 Å². The highest BCUT2D eigenvalue weighted by molar-refractivity contribution is 7.89. The maximum absolute atomic E-state index is 11.8. The second-order valence-electron chi connectivity index (χ2n) is 5.62. The highest BCUT2D eigenvalue weighted by atomic mass is 32.2. The number of rotatable bonds is 6. The average molecular weight is 317 g/mol. The van der Waals surface area contributed by atoms with Gasteiger partial charge in [-0.05, 0) is 23.6 Å². The molecule has 0 unspecified atom stereocenters. The van der Waals surface area contributed by atoms with E-state index in [0.29, 0.717) is 0 Å². The summed E-state index contributed by atoms with van der Waals surface area (Å²) in [5, 5.41) is 8.53. The fourth-order valence-corrected chi connectivity index (χ4v) is 4.10. The van der Waals surface area contributed by atoms with E-state index in [1.807, 2.05) is 20.8 Å². The predicted molar refractivity (Wildman–Crippen MR) is 81.1 cm³/mol. The van der Waals surface area contributed by atoms with Crippen LogP contribution in [0, 0.1) is 5.41 Å². The van der Waals surface area contributed by atoms with E-state index in [-0.39, 0.29) is 17.7 Å². The highest BCUT2D eigenvalue weighted by Crippen LogP contribution is 2.19. The van der Waals surface area contributed by atoms with Crippen LogP contribution in [0.1, 0.15) is 30.5 Å².